The number of nitrogens with one attached hydrogen (secondary N) is 1. The summed E-state index contributed by atoms with van der Waals surface area (Å²) in [5.74, 6) is -3.07. The molecule has 0 fully saturated rings. The van der Waals surface area contributed by atoms with Crippen LogP contribution in [0.25, 0.3) is 11.1 Å². The van der Waals surface area contributed by atoms with Crippen LogP contribution in [0.4, 0.5) is 5.69 Å². The number of carbonyl (C=O) groups is 3. The van der Waals surface area contributed by atoms with Crippen LogP contribution in [-0.4, -0.2) is 22.8 Å². The highest BCUT2D eigenvalue weighted by Crippen LogP contribution is 2.38. The summed E-state index contributed by atoms with van der Waals surface area (Å²) in [7, 11) is 0. The van der Waals surface area contributed by atoms with Crippen molar-refractivity contribution in [2.24, 2.45) is 0 Å². The SMILES string of the molecule is O=C(O)c1cccc(NC(=O)c2cccc3c2C(=O)c2ccccc2-3)c1[O-]. The Hall–Kier alpha value is -3.93. The van der Waals surface area contributed by atoms with Crippen molar-refractivity contribution >= 4 is 23.3 Å². The molecule has 1 aliphatic carbocycles. The van der Waals surface area contributed by atoms with Crippen LogP contribution >= 0.6 is 0 Å². The molecular weight excluding hydrogens is 346 g/mol. The van der Waals surface area contributed by atoms with Gasteiger partial charge in [0.25, 0.3) is 5.91 Å². The molecule has 3 aromatic carbocycles. The number of carboxylic acids is 1. The highest BCUT2D eigenvalue weighted by atomic mass is 16.4. The van der Waals surface area contributed by atoms with Gasteiger partial charge in [-0.15, -0.1) is 0 Å². The Kier molecular flexibility index (Phi) is 3.74. The first-order chi connectivity index (χ1) is 13.0. The Morgan fingerprint density at radius 2 is 1.44 bits per heavy atom. The predicted molar refractivity (Wildman–Crippen MR) is 96.1 cm³/mol. The van der Waals surface area contributed by atoms with E-state index in [-0.39, 0.29) is 22.6 Å². The highest BCUT2D eigenvalue weighted by Gasteiger charge is 2.30. The van der Waals surface area contributed by atoms with Gasteiger partial charge in [-0.3, -0.25) is 9.59 Å². The van der Waals surface area contributed by atoms with Crippen LogP contribution in [0.3, 0.4) is 0 Å². The van der Waals surface area contributed by atoms with Crippen LogP contribution in [0.15, 0.2) is 60.7 Å². The van der Waals surface area contributed by atoms with Crippen molar-refractivity contribution in [2.45, 2.75) is 0 Å². The summed E-state index contributed by atoms with van der Waals surface area (Å²) in [5.41, 5.74) is 1.75. The van der Waals surface area contributed by atoms with Crippen molar-refractivity contribution < 1.29 is 24.6 Å². The van der Waals surface area contributed by atoms with Crippen molar-refractivity contribution in [2.75, 3.05) is 5.32 Å². The smallest absolute Gasteiger partial charge is 0.335 e. The van der Waals surface area contributed by atoms with Gasteiger partial charge < -0.3 is 15.5 Å². The molecule has 0 unspecified atom stereocenters. The molecule has 0 spiro atoms. The van der Waals surface area contributed by atoms with Gasteiger partial charge in [-0.1, -0.05) is 48.2 Å². The quantitative estimate of drug-likeness (QED) is 0.586. The van der Waals surface area contributed by atoms with Crippen LogP contribution in [0.1, 0.15) is 36.6 Å². The van der Waals surface area contributed by atoms with Crippen molar-refractivity contribution in [3.05, 3.63) is 82.9 Å². The number of fused-ring (bicyclic) bond motifs is 3. The minimum Gasteiger partial charge on any atom is -0.870 e. The zero-order valence-electron chi connectivity index (χ0n) is 13.9. The van der Waals surface area contributed by atoms with Gasteiger partial charge in [0.15, 0.2) is 5.78 Å². The van der Waals surface area contributed by atoms with Gasteiger partial charge in [-0.2, -0.15) is 0 Å². The molecular formula is C21H12NO5-. The Labute approximate surface area is 153 Å². The lowest BCUT2D eigenvalue weighted by molar-refractivity contribution is -0.267. The molecule has 0 radical (unpaired) electrons. The maximum atomic E-state index is 12.8. The van der Waals surface area contributed by atoms with Gasteiger partial charge in [-0.25, -0.2) is 4.79 Å². The minimum absolute atomic E-state index is 0.133. The molecule has 1 aliphatic rings. The second kappa shape index (κ2) is 6.10. The topological polar surface area (TPSA) is 107 Å². The molecule has 132 valence electrons. The van der Waals surface area contributed by atoms with E-state index in [0.717, 1.165) is 5.56 Å². The number of hydrogen-bond donors (Lipinski definition) is 2. The van der Waals surface area contributed by atoms with E-state index >= 15 is 0 Å². The van der Waals surface area contributed by atoms with Gasteiger partial charge >= 0.3 is 5.97 Å². The van der Waals surface area contributed by atoms with Gasteiger partial charge in [-0.05, 0) is 29.3 Å². The lowest BCUT2D eigenvalue weighted by Gasteiger charge is -2.17. The summed E-state index contributed by atoms with van der Waals surface area (Å²) in [6, 6.07) is 15.9. The van der Waals surface area contributed by atoms with E-state index < -0.39 is 23.2 Å². The molecule has 3 aromatic rings. The number of amides is 1. The molecule has 0 heterocycles. The van der Waals surface area contributed by atoms with Crippen molar-refractivity contribution in [3.8, 4) is 16.9 Å². The summed E-state index contributed by atoms with van der Waals surface area (Å²) in [4.78, 5) is 36.6. The summed E-state index contributed by atoms with van der Waals surface area (Å²) < 4.78 is 0. The molecule has 27 heavy (non-hydrogen) atoms. The molecule has 0 atom stereocenters. The fourth-order valence-corrected chi connectivity index (χ4v) is 3.25. The van der Waals surface area contributed by atoms with Crippen LogP contribution < -0.4 is 10.4 Å². The number of benzene rings is 3. The van der Waals surface area contributed by atoms with E-state index in [0.29, 0.717) is 11.1 Å². The van der Waals surface area contributed by atoms with E-state index in [4.69, 9.17) is 5.11 Å². The van der Waals surface area contributed by atoms with Crippen LogP contribution in [-0.2, 0) is 0 Å². The van der Waals surface area contributed by atoms with Crippen LogP contribution in [0.5, 0.6) is 5.75 Å². The van der Waals surface area contributed by atoms with Crippen molar-refractivity contribution in [1.82, 2.24) is 0 Å². The second-order valence-corrected chi connectivity index (χ2v) is 6.04. The van der Waals surface area contributed by atoms with Gasteiger partial charge in [0, 0.05) is 16.8 Å². The lowest BCUT2D eigenvalue weighted by atomic mass is 10.00. The van der Waals surface area contributed by atoms with E-state index in [1.807, 2.05) is 12.1 Å². The van der Waals surface area contributed by atoms with Crippen LogP contribution in [0, 0.1) is 0 Å². The molecule has 0 aromatic heterocycles. The average Bonchev–Trinajstić information content (AvgIpc) is 2.96. The normalized spacial score (nSPS) is 11.6. The number of carbonyl (C=O) groups excluding carboxylic acids is 2. The second-order valence-electron chi connectivity index (χ2n) is 6.04. The van der Waals surface area contributed by atoms with Gasteiger partial charge in [0.05, 0.1) is 11.1 Å². The maximum Gasteiger partial charge on any atom is 0.335 e. The largest absolute Gasteiger partial charge is 0.870 e. The molecule has 0 saturated carbocycles. The third-order valence-electron chi connectivity index (χ3n) is 4.49. The number of aromatic carboxylic acids is 1. The maximum absolute atomic E-state index is 12.8. The minimum atomic E-state index is -1.37. The monoisotopic (exact) mass is 358 g/mol. The van der Waals surface area contributed by atoms with E-state index in [2.05, 4.69) is 5.32 Å². The zero-order valence-corrected chi connectivity index (χ0v) is 13.9. The number of rotatable bonds is 3. The Morgan fingerprint density at radius 1 is 0.815 bits per heavy atom. The average molecular weight is 358 g/mol. The molecule has 0 aliphatic heterocycles. The first kappa shape index (κ1) is 16.5. The highest BCUT2D eigenvalue weighted by molar-refractivity contribution is 6.26. The first-order valence-electron chi connectivity index (χ1n) is 8.11. The third kappa shape index (κ3) is 2.55. The first-order valence-corrected chi connectivity index (χ1v) is 8.11. The summed E-state index contributed by atoms with van der Waals surface area (Å²) in [6.07, 6.45) is 0. The molecule has 6 nitrogen and oxygen atoms in total. The van der Waals surface area contributed by atoms with Crippen molar-refractivity contribution in [1.29, 1.82) is 0 Å². The predicted octanol–water partition coefficient (Wildman–Crippen LogP) is 2.92. The fourth-order valence-electron chi connectivity index (χ4n) is 3.25. The summed E-state index contributed by atoms with van der Waals surface area (Å²) >= 11 is 0. The Balaban J connectivity index is 1.75. The molecule has 6 heteroatoms. The summed E-state index contributed by atoms with van der Waals surface area (Å²) in [5, 5.41) is 23.7. The molecule has 1 amide bonds. The summed E-state index contributed by atoms with van der Waals surface area (Å²) in [6.45, 7) is 0. The third-order valence-corrected chi connectivity index (χ3v) is 4.49. The Bertz CT molecular complexity index is 1130. The van der Waals surface area contributed by atoms with E-state index in [9.17, 15) is 19.5 Å². The number of hydrogen-bond acceptors (Lipinski definition) is 4. The number of carboxylic acid groups (broad SMARTS) is 1. The molecule has 0 bridgehead atoms. The van der Waals surface area contributed by atoms with E-state index in [1.165, 1.54) is 24.3 Å². The molecule has 0 saturated heterocycles. The van der Waals surface area contributed by atoms with Gasteiger partial charge in [0.1, 0.15) is 0 Å². The number of para-hydroxylation sites is 1. The van der Waals surface area contributed by atoms with E-state index in [1.54, 1.807) is 24.3 Å². The Morgan fingerprint density at radius 3 is 2.19 bits per heavy atom. The van der Waals surface area contributed by atoms with Crippen molar-refractivity contribution in [3.63, 3.8) is 0 Å². The number of anilines is 1. The zero-order chi connectivity index (χ0) is 19.1. The standard InChI is InChI=1S/C21H13NO5/c23-18-15(21(26)27)9-4-10-16(18)22-20(25)14-8-3-7-12-11-5-1-2-6-13(11)19(24)17(12)14/h1-10,23H,(H,22,25)(H,26,27)/p-1. The fraction of sp³-hybridized carbons (Fsp3) is 0. The lowest BCUT2D eigenvalue weighted by Crippen LogP contribution is -2.18. The number of ketones is 1. The molecule has 2 N–H and O–H groups in total. The van der Waals surface area contributed by atoms with Gasteiger partial charge in [0.2, 0.25) is 0 Å². The van der Waals surface area contributed by atoms with Crippen LogP contribution in [0.2, 0.25) is 0 Å². The molecule has 4 rings (SSSR count).